The van der Waals surface area contributed by atoms with Gasteiger partial charge in [0.05, 0.1) is 20.3 Å². The maximum Gasteiger partial charge on any atom is 0.325 e. The number of nitrogens with one attached hydrogen (secondary N) is 1. The highest BCUT2D eigenvalue weighted by Gasteiger charge is 2.31. The van der Waals surface area contributed by atoms with Gasteiger partial charge < -0.3 is 19.9 Å². The first-order valence-electron chi connectivity index (χ1n) is 7.15. The third-order valence-corrected chi connectivity index (χ3v) is 3.63. The minimum atomic E-state index is -0.641. The van der Waals surface area contributed by atoms with E-state index in [2.05, 4.69) is 5.32 Å². The van der Waals surface area contributed by atoms with Crippen LogP contribution in [0.2, 0.25) is 0 Å². The van der Waals surface area contributed by atoms with Crippen molar-refractivity contribution in [1.29, 1.82) is 0 Å². The summed E-state index contributed by atoms with van der Waals surface area (Å²) >= 11 is 0. The molecule has 0 spiro atoms. The molecule has 0 saturated carbocycles. The number of hydrogen-bond donors (Lipinski definition) is 2. The van der Waals surface area contributed by atoms with Crippen LogP contribution in [0.4, 0.5) is 0 Å². The molecule has 1 atom stereocenters. The number of esters is 1. The molecule has 5 nitrogen and oxygen atoms in total. The zero-order chi connectivity index (χ0) is 15.7. The minimum absolute atomic E-state index is 0.0381. The molecule has 0 aliphatic carbocycles. The highest BCUT2D eigenvalue weighted by atomic mass is 16.5. The molecule has 1 rings (SSSR count). The van der Waals surface area contributed by atoms with Gasteiger partial charge in [0.1, 0.15) is 11.3 Å². The number of methoxy groups -OCH3 is 1. The Morgan fingerprint density at radius 2 is 1.95 bits per heavy atom. The lowest BCUT2D eigenvalue weighted by Gasteiger charge is -2.25. The summed E-state index contributed by atoms with van der Waals surface area (Å²) in [5.74, 6) is 0.544. The van der Waals surface area contributed by atoms with E-state index in [-0.39, 0.29) is 12.6 Å². The Morgan fingerprint density at radius 3 is 2.48 bits per heavy atom. The second-order valence-electron chi connectivity index (χ2n) is 5.18. The van der Waals surface area contributed by atoms with Gasteiger partial charge in [-0.2, -0.15) is 0 Å². The summed E-state index contributed by atoms with van der Waals surface area (Å²) < 4.78 is 10.4. The average Bonchev–Trinajstić information content (AvgIpc) is 2.54. The second kappa shape index (κ2) is 8.64. The van der Waals surface area contributed by atoms with Crippen molar-refractivity contribution in [2.45, 2.75) is 38.3 Å². The summed E-state index contributed by atoms with van der Waals surface area (Å²) in [4.78, 5) is 11.7. The number of unbranched alkanes of at least 4 members (excludes halogenated alkanes) is 1. The summed E-state index contributed by atoms with van der Waals surface area (Å²) in [6.07, 6.45) is 2.42. The molecular weight excluding hydrogens is 270 g/mol. The van der Waals surface area contributed by atoms with Crippen molar-refractivity contribution in [3.63, 3.8) is 0 Å². The minimum Gasteiger partial charge on any atom is -0.494 e. The van der Waals surface area contributed by atoms with Crippen LogP contribution in [-0.2, 0) is 16.1 Å². The van der Waals surface area contributed by atoms with Crippen LogP contribution in [0, 0.1) is 0 Å². The van der Waals surface area contributed by atoms with E-state index in [0.717, 1.165) is 24.2 Å². The van der Waals surface area contributed by atoms with Gasteiger partial charge in [-0.15, -0.1) is 0 Å². The summed E-state index contributed by atoms with van der Waals surface area (Å²) in [5.41, 5.74) is 0.225. The van der Waals surface area contributed by atoms with Gasteiger partial charge in [-0.3, -0.25) is 4.79 Å². The maximum atomic E-state index is 11.7. The molecule has 0 saturated heterocycles. The van der Waals surface area contributed by atoms with Crippen molar-refractivity contribution in [2.75, 3.05) is 20.8 Å². The number of rotatable bonds is 9. The SMILES string of the molecule is CNC(C)(CCCCOc1ccc(CO)cc1)C(=O)OC. The van der Waals surface area contributed by atoms with Crippen LogP contribution in [0.3, 0.4) is 0 Å². The lowest BCUT2D eigenvalue weighted by molar-refractivity contribution is -0.148. The van der Waals surface area contributed by atoms with Crippen molar-refractivity contribution >= 4 is 5.97 Å². The first kappa shape index (κ1) is 17.5. The second-order valence-corrected chi connectivity index (χ2v) is 5.18. The molecule has 2 N–H and O–H groups in total. The monoisotopic (exact) mass is 295 g/mol. The van der Waals surface area contributed by atoms with Crippen molar-refractivity contribution in [1.82, 2.24) is 5.32 Å². The third kappa shape index (κ3) is 5.36. The zero-order valence-electron chi connectivity index (χ0n) is 13.0. The summed E-state index contributed by atoms with van der Waals surface area (Å²) in [6, 6.07) is 7.37. The van der Waals surface area contributed by atoms with Crippen LogP contribution in [0.1, 0.15) is 31.7 Å². The molecule has 0 fully saturated rings. The first-order chi connectivity index (χ1) is 10.1. The molecule has 1 aromatic rings. The number of aliphatic hydroxyl groups is 1. The Hall–Kier alpha value is -1.59. The number of likely N-dealkylation sites (N-methyl/N-ethyl adjacent to an activating group) is 1. The van der Waals surface area contributed by atoms with Gasteiger partial charge in [-0.25, -0.2) is 0 Å². The third-order valence-electron chi connectivity index (χ3n) is 3.63. The Kier molecular flexibility index (Phi) is 7.19. The molecule has 118 valence electrons. The predicted octanol–water partition coefficient (Wildman–Crippen LogP) is 1.88. The fraction of sp³-hybridized carbons (Fsp3) is 0.562. The number of ether oxygens (including phenoxy) is 2. The number of carbonyl (C=O) groups excluding carboxylic acids is 1. The Morgan fingerprint density at radius 1 is 1.29 bits per heavy atom. The lowest BCUT2D eigenvalue weighted by Crippen LogP contribution is -2.48. The lowest BCUT2D eigenvalue weighted by atomic mass is 9.95. The Bertz CT molecular complexity index is 432. The smallest absolute Gasteiger partial charge is 0.325 e. The van der Waals surface area contributed by atoms with E-state index in [1.54, 1.807) is 7.05 Å². The molecule has 5 heteroatoms. The van der Waals surface area contributed by atoms with Gasteiger partial charge >= 0.3 is 5.97 Å². The van der Waals surface area contributed by atoms with E-state index in [0.29, 0.717) is 13.0 Å². The van der Waals surface area contributed by atoms with E-state index < -0.39 is 5.54 Å². The number of benzene rings is 1. The molecule has 1 unspecified atom stereocenters. The van der Waals surface area contributed by atoms with Crippen molar-refractivity contribution in [2.24, 2.45) is 0 Å². The van der Waals surface area contributed by atoms with Gasteiger partial charge in [0.15, 0.2) is 0 Å². The van der Waals surface area contributed by atoms with Crippen molar-refractivity contribution < 1.29 is 19.4 Å². The number of hydrogen-bond acceptors (Lipinski definition) is 5. The Balaban J connectivity index is 2.28. The molecule has 0 radical (unpaired) electrons. The molecule has 0 amide bonds. The fourth-order valence-electron chi connectivity index (χ4n) is 2.02. The van der Waals surface area contributed by atoms with Gasteiger partial charge in [0.2, 0.25) is 0 Å². The van der Waals surface area contributed by atoms with Crippen LogP contribution in [0.25, 0.3) is 0 Å². The molecule has 0 bridgehead atoms. The standard InChI is InChI=1S/C16H25NO4/c1-16(17-2,15(19)20-3)10-4-5-11-21-14-8-6-13(12-18)7-9-14/h6-9,17-18H,4-5,10-12H2,1-3H3. The zero-order valence-corrected chi connectivity index (χ0v) is 13.0. The summed E-state index contributed by atoms with van der Waals surface area (Å²) in [7, 11) is 3.16. The van der Waals surface area contributed by atoms with Gasteiger partial charge in [-0.05, 0) is 50.9 Å². The van der Waals surface area contributed by atoms with E-state index >= 15 is 0 Å². The molecule has 0 aliphatic heterocycles. The largest absolute Gasteiger partial charge is 0.494 e. The number of aliphatic hydroxyl groups excluding tert-OH is 1. The molecular formula is C16H25NO4. The predicted molar refractivity (Wildman–Crippen MR) is 81.2 cm³/mol. The van der Waals surface area contributed by atoms with Crippen molar-refractivity contribution in [3.8, 4) is 5.75 Å². The van der Waals surface area contributed by atoms with E-state index in [9.17, 15) is 4.79 Å². The van der Waals surface area contributed by atoms with E-state index in [1.807, 2.05) is 31.2 Å². The highest BCUT2D eigenvalue weighted by molar-refractivity contribution is 5.80. The topological polar surface area (TPSA) is 67.8 Å². The van der Waals surface area contributed by atoms with Crippen molar-refractivity contribution in [3.05, 3.63) is 29.8 Å². The van der Waals surface area contributed by atoms with Crippen LogP contribution >= 0.6 is 0 Å². The van der Waals surface area contributed by atoms with Crippen LogP contribution < -0.4 is 10.1 Å². The quantitative estimate of drug-likeness (QED) is 0.538. The Labute approximate surface area is 126 Å². The van der Waals surface area contributed by atoms with E-state index in [4.69, 9.17) is 14.6 Å². The van der Waals surface area contributed by atoms with E-state index in [1.165, 1.54) is 7.11 Å². The molecule has 1 aromatic carbocycles. The van der Waals surface area contributed by atoms with Gasteiger partial charge in [0, 0.05) is 0 Å². The molecule has 0 aromatic heterocycles. The van der Waals surface area contributed by atoms with Gasteiger partial charge in [0.25, 0.3) is 0 Å². The normalized spacial score (nSPS) is 13.5. The van der Waals surface area contributed by atoms with Gasteiger partial charge in [-0.1, -0.05) is 12.1 Å². The average molecular weight is 295 g/mol. The number of carbonyl (C=O) groups is 1. The summed E-state index contributed by atoms with van der Waals surface area (Å²) in [5, 5.41) is 12.0. The van der Waals surface area contributed by atoms with Crippen LogP contribution in [0.5, 0.6) is 5.75 Å². The molecule has 21 heavy (non-hydrogen) atoms. The fourth-order valence-corrected chi connectivity index (χ4v) is 2.02. The van der Waals surface area contributed by atoms with Crippen LogP contribution in [-0.4, -0.2) is 37.4 Å². The first-order valence-corrected chi connectivity index (χ1v) is 7.15. The maximum absolute atomic E-state index is 11.7. The van der Waals surface area contributed by atoms with Crippen LogP contribution in [0.15, 0.2) is 24.3 Å². The molecule has 0 heterocycles. The molecule has 0 aliphatic rings. The summed E-state index contributed by atoms with van der Waals surface area (Å²) in [6.45, 7) is 2.48. The highest BCUT2D eigenvalue weighted by Crippen LogP contribution is 2.16.